The van der Waals surface area contributed by atoms with E-state index in [1.165, 1.54) is 12.8 Å². The molecule has 1 N–H and O–H groups in total. The third kappa shape index (κ3) is 2.23. The second-order valence-electron chi connectivity index (χ2n) is 5.47. The summed E-state index contributed by atoms with van der Waals surface area (Å²) in [5, 5.41) is 11.2. The Morgan fingerprint density at radius 2 is 2.21 bits per heavy atom. The molecule has 0 radical (unpaired) electrons. The van der Waals surface area contributed by atoms with Gasteiger partial charge >= 0.3 is 0 Å². The first-order chi connectivity index (χ1) is 9.31. The zero-order valence-electron chi connectivity index (χ0n) is 11.2. The summed E-state index contributed by atoms with van der Waals surface area (Å²) in [6.07, 6.45) is 7.22. The van der Waals surface area contributed by atoms with Gasteiger partial charge in [0.25, 0.3) is 0 Å². The van der Waals surface area contributed by atoms with Gasteiger partial charge in [-0.2, -0.15) is 5.10 Å². The normalized spacial score (nSPS) is 31.1. The number of fused-ring (bicyclic) bond motifs is 1. The Morgan fingerprint density at radius 3 is 2.95 bits per heavy atom. The molecule has 1 amide bonds. The van der Waals surface area contributed by atoms with E-state index in [1.807, 2.05) is 24.1 Å². The second kappa shape index (κ2) is 5.25. The summed E-state index contributed by atoms with van der Waals surface area (Å²) in [4.78, 5) is 14.6. The molecule has 3 unspecified atom stereocenters. The van der Waals surface area contributed by atoms with Gasteiger partial charge in [-0.3, -0.25) is 9.69 Å². The fraction of sp³-hybridized carbons (Fsp3) is 0.643. The largest absolute Gasteiger partial charge is 0.309 e. The van der Waals surface area contributed by atoms with Crippen molar-refractivity contribution < 1.29 is 4.79 Å². The van der Waals surface area contributed by atoms with E-state index in [0.717, 1.165) is 19.3 Å². The van der Waals surface area contributed by atoms with E-state index in [4.69, 9.17) is 0 Å². The summed E-state index contributed by atoms with van der Waals surface area (Å²) in [5.41, 5.74) is 0. The van der Waals surface area contributed by atoms with Crippen molar-refractivity contribution in [2.45, 2.75) is 44.2 Å². The topological polar surface area (TPSA) is 58.1 Å². The Morgan fingerprint density at radius 1 is 1.32 bits per heavy atom. The summed E-state index contributed by atoms with van der Waals surface area (Å²) < 4.78 is 0. The molecule has 2 fully saturated rings. The van der Waals surface area contributed by atoms with Crippen molar-refractivity contribution in [3.05, 3.63) is 18.3 Å². The van der Waals surface area contributed by atoms with Crippen LogP contribution >= 0.6 is 0 Å². The van der Waals surface area contributed by atoms with Crippen LogP contribution < -0.4 is 10.2 Å². The molecule has 0 bridgehead atoms. The van der Waals surface area contributed by atoms with Crippen LogP contribution in [0.15, 0.2) is 18.3 Å². The molecule has 1 aliphatic heterocycles. The number of nitrogens with zero attached hydrogens (tertiary/aromatic N) is 3. The lowest BCUT2D eigenvalue weighted by molar-refractivity contribution is -0.120. The zero-order valence-corrected chi connectivity index (χ0v) is 11.2. The Kier molecular flexibility index (Phi) is 3.46. The standard InChI is InChI=1S/C14H20N4O/c1-15-11-8-7-10-4-2-5-12(10)18(14(11)19)13-6-3-9-16-17-13/h3,6,9-12,15H,2,4-5,7-8H2,1H3. The number of amides is 1. The fourth-order valence-electron chi connectivity index (χ4n) is 3.50. The van der Waals surface area contributed by atoms with Gasteiger partial charge in [0.05, 0.1) is 6.04 Å². The molecule has 1 aromatic heterocycles. The molecule has 1 saturated carbocycles. The van der Waals surface area contributed by atoms with Crippen LogP contribution in [0.4, 0.5) is 5.82 Å². The molecule has 0 aromatic carbocycles. The first-order valence-corrected chi connectivity index (χ1v) is 7.09. The quantitative estimate of drug-likeness (QED) is 0.872. The minimum absolute atomic E-state index is 0.0902. The van der Waals surface area contributed by atoms with Gasteiger partial charge in [-0.05, 0) is 50.8 Å². The van der Waals surface area contributed by atoms with Gasteiger partial charge in [0.1, 0.15) is 0 Å². The average Bonchev–Trinajstić information content (AvgIpc) is 2.84. The van der Waals surface area contributed by atoms with Gasteiger partial charge in [0.2, 0.25) is 5.91 Å². The molecule has 5 heteroatoms. The minimum Gasteiger partial charge on any atom is -0.309 e. The van der Waals surface area contributed by atoms with Crippen LogP contribution in [0, 0.1) is 5.92 Å². The molecule has 1 aliphatic carbocycles. The fourth-order valence-corrected chi connectivity index (χ4v) is 3.50. The van der Waals surface area contributed by atoms with E-state index in [9.17, 15) is 4.79 Å². The van der Waals surface area contributed by atoms with Gasteiger partial charge < -0.3 is 5.32 Å². The highest BCUT2D eigenvalue weighted by molar-refractivity contribution is 5.97. The van der Waals surface area contributed by atoms with E-state index in [1.54, 1.807) is 6.20 Å². The van der Waals surface area contributed by atoms with Crippen molar-refractivity contribution in [1.82, 2.24) is 15.5 Å². The predicted molar refractivity (Wildman–Crippen MR) is 72.7 cm³/mol. The number of anilines is 1. The molecule has 102 valence electrons. The molecule has 5 nitrogen and oxygen atoms in total. The molecule has 0 spiro atoms. The van der Waals surface area contributed by atoms with Crippen molar-refractivity contribution in [3.8, 4) is 0 Å². The predicted octanol–water partition coefficient (Wildman–Crippen LogP) is 1.36. The molecule has 2 aliphatic rings. The molecular weight excluding hydrogens is 240 g/mol. The van der Waals surface area contributed by atoms with Crippen LogP contribution in [0.5, 0.6) is 0 Å². The Hall–Kier alpha value is -1.49. The van der Waals surface area contributed by atoms with Crippen molar-refractivity contribution in [2.24, 2.45) is 5.92 Å². The van der Waals surface area contributed by atoms with E-state index >= 15 is 0 Å². The van der Waals surface area contributed by atoms with Crippen LogP contribution in [0.25, 0.3) is 0 Å². The van der Waals surface area contributed by atoms with Crippen LogP contribution in [-0.4, -0.2) is 35.2 Å². The lowest BCUT2D eigenvalue weighted by atomic mass is 9.97. The lowest BCUT2D eigenvalue weighted by Crippen LogP contribution is -2.48. The summed E-state index contributed by atoms with van der Waals surface area (Å²) in [7, 11) is 1.86. The summed E-state index contributed by atoms with van der Waals surface area (Å²) in [5.74, 6) is 1.47. The molecule has 19 heavy (non-hydrogen) atoms. The molecule has 1 saturated heterocycles. The number of rotatable bonds is 2. The maximum absolute atomic E-state index is 12.7. The molecule has 3 atom stereocenters. The lowest BCUT2D eigenvalue weighted by Gasteiger charge is -2.30. The maximum atomic E-state index is 12.7. The highest BCUT2D eigenvalue weighted by Crippen LogP contribution is 2.38. The first kappa shape index (κ1) is 12.5. The van der Waals surface area contributed by atoms with E-state index in [0.29, 0.717) is 17.8 Å². The monoisotopic (exact) mass is 260 g/mol. The van der Waals surface area contributed by atoms with Gasteiger partial charge in [-0.25, -0.2) is 0 Å². The summed E-state index contributed by atoms with van der Waals surface area (Å²) >= 11 is 0. The third-order valence-corrected chi connectivity index (χ3v) is 4.47. The summed E-state index contributed by atoms with van der Waals surface area (Å²) in [6, 6.07) is 3.95. The van der Waals surface area contributed by atoms with E-state index in [-0.39, 0.29) is 11.9 Å². The van der Waals surface area contributed by atoms with E-state index < -0.39 is 0 Å². The van der Waals surface area contributed by atoms with Crippen molar-refractivity contribution in [1.29, 1.82) is 0 Å². The summed E-state index contributed by atoms with van der Waals surface area (Å²) in [6.45, 7) is 0. The smallest absolute Gasteiger partial charge is 0.245 e. The van der Waals surface area contributed by atoms with Crippen LogP contribution in [0.1, 0.15) is 32.1 Å². The van der Waals surface area contributed by atoms with Gasteiger partial charge in [-0.15, -0.1) is 5.10 Å². The van der Waals surface area contributed by atoms with Crippen molar-refractivity contribution >= 4 is 11.7 Å². The maximum Gasteiger partial charge on any atom is 0.245 e. The van der Waals surface area contributed by atoms with Gasteiger partial charge in [-0.1, -0.05) is 6.42 Å². The van der Waals surface area contributed by atoms with Crippen molar-refractivity contribution in [2.75, 3.05) is 11.9 Å². The molecular formula is C14H20N4O. The van der Waals surface area contributed by atoms with Crippen LogP contribution in [-0.2, 0) is 4.79 Å². The Labute approximate surface area is 113 Å². The Bertz CT molecular complexity index is 450. The molecule has 2 heterocycles. The second-order valence-corrected chi connectivity index (χ2v) is 5.47. The van der Waals surface area contributed by atoms with Crippen LogP contribution in [0.2, 0.25) is 0 Å². The van der Waals surface area contributed by atoms with Crippen molar-refractivity contribution in [3.63, 3.8) is 0 Å². The number of hydrogen-bond donors (Lipinski definition) is 1. The first-order valence-electron chi connectivity index (χ1n) is 7.09. The Balaban J connectivity index is 1.97. The number of aromatic nitrogens is 2. The third-order valence-electron chi connectivity index (χ3n) is 4.47. The van der Waals surface area contributed by atoms with E-state index in [2.05, 4.69) is 15.5 Å². The van der Waals surface area contributed by atoms with Gasteiger partial charge in [0, 0.05) is 12.2 Å². The highest BCUT2D eigenvalue weighted by Gasteiger charge is 2.41. The SMILES string of the molecule is CNC1CCC2CCCC2N(c2cccnn2)C1=O. The molecule has 1 aromatic rings. The number of carbonyl (C=O) groups is 1. The van der Waals surface area contributed by atoms with Crippen LogP contribution in [0.3, 0.4) is 0 Å². The van der Waals surface area contributed by atoms with Gasteiger partial charge in [0.15, 0.2) is 5.82 Å². The highest BCUT2D eigenvalue weighted by atomic mass is 16.2. The number of nitrogens with one attached hydrogen (secondary N) is 1. The zero-order chi connectivity index (χ0) is 13.2. The molecule has 3 rings (SSSR count). The minimum atomic E-state index is -0.0902. The average molecular weight is 260 g/mol. The number of carbonyl (C=O) groups excluding carboxylic acids is 1. The number of likely N-dealkylation sites (N-methyl/N-ethyl adjacent to an activating group) is 1. The number of hydrogen-bond acceptors (Lipinski definition) is 4.